The number of aliphatic hydroxyl groups excluding tert-OH is 1. The van der Waals surface area contributed by atoms with Crippen LogP contribution in [0.2, 0.25) is 0 Å². The predicted molar refractivity (Wildman–Crippen MR) is 46.6 cm³/mol. The molecule has 0 aromatic heterocycles. The van der Waals surface area contributed by atoms with Gasteiger partial charge in [-0.05, 0) is 18.3 Å². The second-order valence-electron chi connectivity index (χ2n) is 3.81. The largest absolute Gasteiger partial charge is 0.396 e. The van der Waals surface area contributed by atoms with Crippen LogP contribution in [0.25, 0.3) is 0 Å². The third-order valence-electron chi connectivity index (χ3n) is 2.50. The Morgan fingerprint density at radius 3 is 2.83 bits per heavy atom. The van der Waals surface area contributed by atoms with Gasteiger partial charge in [0.05, 0.1) is 0 Å². The summed E-state index contributed by atoms with van der Waals surface area (Å²) < 4.78 is 0. The number of hydrogen-bond donors (Lipinski definition) is 2. The van der Waals surface area contributed by atoms with E-state index in [0.29, 0.717) is 18.3 Å². The molecule has 1 fully saturated rings. The molecule has 0 unspecified atom stereocenters. The molecular formula is C9H17NO2. The standard InChI is InChI=1S/C9H17NO2/c1-6(2)9-7(3-4-11)5-8(12)10-9/h6-7,9,11H,3-5H2,1-2H3,(H,10,12)/t7-,9-/m0/s1. The van der Waals surface area contributed by atoms with Crippen LogP contribution in [0.15, 0.2) is 0 Å². The molecule has 1 aliphatic rings. The molecule has 0 saturated carbocycles. The molecule has 0 aliphatic carbocycles. The van der Waals surface area contributed by atoms with Gasteiger partial charge in [-0.2, -0.15) is 0 Å². The van der Waals surface area contributed by atoms with E-state index in [1.807, 2.05) is 0 Å². The first-order valence-electron chi connectivity index (χ1n) is 4.55. The molecule has 0 spiro atoms. The summed E-state index contributed by atoms with van der Waals surface area (Å²) in [6.07, 6.45) is 1.32. The summed E-state index contributed by atoms with van der Waals surface area (Å²) >= 11 is 0. The van der Waals surface area contributed by atoms with Crippen LogP contribution in [-0.4, -0.2) is 23.7 Å². The van der Waals surface area contributed by atoms with Crippen molar-refractivity contribution in [2.24, 2.45) is 11.8 Å². The average Bonchev–Trinajstić information content (AvgIpc) is 2.32. The number of amides is 1. The molecule has 12 heavy (non-hydrogen) atoms. The third-order valence-corrected chi connectivity index (χ3v) is 2.50. The van der Waals surface area contributed by atoms with Gasteiger partial charge in [0.2, 0.25) is 5.91 Å². The smallest absolute Gasteiger partial charge is 0.220 e. The Balaban J connectivity index is 2.53. The van der Waals surface area contributed by atoms with E-state index in [-0.39, 0.29) is 18.6 Å². The minimum absolute atomic E-state index is 0.132. The first-order valence-corrected chi connectivity index (χ1v) is 4.55. The van der Waals surface area contributed by atoms with Gasteiger partial charge in [0.15, 0.2) is 0 Å². The number of hydrogen-bond acceptors (Lipinski definition) is 2. The van der Waals surface area contributed by atoms with Gasteiger partial charge >= 0.3 is 0 Å². The maximum atomic E-state index is 11.1. The molecule has 0 aromatic carbocycles. The van der Waals surface area contributed by atoms with Crippen LogP contribution >= 0.6 is 0 Å². The summed E-state index contributed by atoms with van der Waals surface area (Å²) in [5.74, 6) is 0.933. The highest BCUT2D eigenvalue weighted by molar-refractivity contribution is 5.79. The Morgan fingerprint density at radius 1 is 1.67 bits per heavy atom. The lowest BCUT2D eigenvalue weighted by molar-refractivity contribution is -0.119. The number of aliphatic hydroxyl groups is 1. The molecule has 70 valence electrons. The van der Waals surface area contributed by atoms with Crippen LogP contribution in [-0.2, 0) is 4.79 Å². The van der Waals surface area contributed by atoms with E-state index >= 15 is 0 Å². The van der Waals surface area contributed by atoms with Crippen molar-refractivity contribution >= 4 is 5.91 Å². The van der Waals surface area contributed by atoms with E-state index < -0.39 is 0 Å². The van der Waals surface area contributed by atoms with Crippen molar-refractivity contribution in [3.05, 3.63) is 0 Å². The summed E-state index contributed by atoms with van der Waals surface area (Å²) in [4.78, 5) is 11.1. The van der Waals surface area contributed by atoms with Crippen molar-refractivity contribution in [1.29, 1.82) is 0 Å². The summed E-state index contributed by atoms with van der Waals surface area (Å²) in [6, 6.07) is 0.268. The van der Waals surface area contributed by atoms with Crippen molar-refractivity contribution in [1.82, 2.24) is 5.32 Å². The van der Waals surface area contributed by atoms with Crippen molar-refractivity contribution in [3.8, 4) is 0 Å². The summed E-state index contributed by atoms with van der Waals surface area (Å²) in [7, 11) is 0. The fourth-order valence-electron chi connectivity index (χ4n) is 1.89. The normalized spacial score (nSPS) is 29.5. The second kappa shape index (κ2) is 3.90. The molecule has 2 N–H and O–H groups in total. The SMILES string of the molecule is CC(C)[C@@H]1NC(=O)C[C@@H]1CCO. The highest BCUT2D eigenvalue weighted by Crippen LogP contribution is 2.24. The summed E-state index contributed by atoms with van der Waals surface area (Å²) in [5, 5.41) is 11.7. The summed E-state index contributed by atoms with van der Waals surface area (Å²) in [5.41, 5.74) is 0. The number of carbonyl (C=O) groups excluding carboxylic acids is 1. The first kappa shape index (κ1) is 9.52. The van der Waals surface area contributed by atoms with E-state index in [0.717, 1.165) is 6.42 Å². The van der Waals surface area contributed by atoms with E-state index in [2.05, 4.69) is 19.2 Å². The van der Waals surface area contributed by atoms with Crippen LogP contribution < -0.4 is 5.32 Å². The zero-order valence-electron chi connectivity index (χ0n) is 7.71. The first-order chi connectivity index (χ1) is 5.65. The van der Waals surface area contributed by atoms with Gasteiger partial charge in [-0.25, -0.2) is 0 Å². The van der Waals surface area contributed by atoms with Crippen LogP contribution in [0.4, 0.5) is 0 Å². The Hall–Kier alpha value is -0.570. The fourth-order valence-corrected chi connectivity index (χ4v) is 1.89. The fraction of sp³-hybridized carbons (Fsp3) is 0.889. The topological polar surface area (TPSA) is 49.3 Å². The Morgan fingerprint density at radius 2 is 2.33 bits per heavy atom. The monoisotopic (exact) mass is 171 g/mol. The van der Waals surface area contributed by atoms with Gasteiger partial charge in [-0.1, -0.05) is 13.8 Å². The van der Waals surface area contributed by atoms with E-state index in [4.69, 9.17) is 5.11 Å². The van der Waals surface area contributed by atoms with Gasteiger partial charge < -0.3 is 10.4 Å². The maximum absolute atomic E-state index is 11.1. The molecule has 1 rings (SSSR count). The highest BCUT2D eigenvalue weighted by Gasteiger charge is 2.33. The lowest BCUT2D eigenvalue weighted by Crippen LogP contribution is -2.34. The van der Waals surface area contributed by atoms with Gasteiger partial charge in [0.1, 0.15) is 0 Å². The maximum Gasteiger partial charge on any atom is 0.220 e. The van der Waals surface area contributed by atoms with Crippen LogP contribution in [0, 0.1) is 11.8 Å². The molecule has 1 heterocycles. The molecule has 3 nitrogen and oxygen atoms in total. The van der Waals surface area contributed by atoms with E-state index in [1.165, 1.54) is 0 Å². The molecule has 1 aliphatic heterocycles. The van der Waals surface area contributed by atoms with Gasteiger partial charge in [-0.15, -0.1) is 0 Å². The lowest BCUT2D eigenvalue weighted by atomic mass is 9.89. The molecule has 1 saturated heterocycles. The lowest BCUT2D eigenvalue weighted by Gasteiger charge is -2.21. The van der Waals surface area contributed by atoms with Crippen molar-refractivity contribution in [3.63, 3.8) is 0 Å². The minimum Gasteiger partial charge on any atom is -0.396 e. The minimum atomic E-state index is 0.132. The average molecular weight is 171 g/mol. The van der Waals surface area contributed by atoms with Gasteiger partial charge in [0, 0.05) is 19.1 Å². The zero-order chi connectivity index (χ0) is 9.14. The Kier molecular flexibility index (Phi) is 3.09. The second-order valence-corrected chi connectivity index (χ2v) is 3.81. The van der Waals surface area contributed by atoms with Crippen molar-refractivity contribution in [2.75, 3.05) is 6.61 Å². The summed E-state index contributed by atoms with van der Waals surface area (Å²) in [6.45, 7) is 4.38. The van der Waals surface area contributed by atoms with Gasteiger partial charge in [-0.3, -0.25) is 4.79 Å². The molecule has 0 aromatic rings. The van der Waals surface area contributed by atoms with Crippen molar-refractivity contribution < 1.29 is 9.90 Å². The van der Waals surface area contributed by atoms with E-state index in [9.17, 15) is 4.79 Å². The predicted octanol–water partition coefficient (Wildman–Crippen LogP) is 0.529. The zero-order valence-corrected chi connectivity index (χ0v) is 7.71. The molecular weight excluding hydrogens is 154 g/mol. The Labute approximate surface area is 73.2 Å². The van der Waals surface area contributed by atoms with Crippen molar-refractivity contribution in [2.45, 2.75) is 32.7 Å². The molecule has 0 radical (unpaired) electrons. The third kappa shape index (κ3) is 1.97. The molecule has 0 bridgehead atoms. The number of rotatable bonds is 3. The number of carbonyl (C=O) groups is 1. The quantitative estimate of drug-likeness (QED) is 0.650. The van der Waals surface area contributed by atoms with Gasteiger partial charge in [0.25, 0.3) is 0 Å². The number of nitrogens with one attached hydrogen (secondary N) is 1. The Bertz CT molecular complexity index is 168. The van der Waals surface area contributed by atoms with E-state index in [1.54, 1.807) is 0 Å². The molecule has 1 amide bonds. The molecule has 3 heteroatoms. The molecule has 2 atom stereocenters. The van der Waals surface area contributed by atoms with Crippen LogP contribution in [0.5, 0.6) is 0 Å². The van der Waals surface area contributed by atoms with Crippen LogP contribution in [0.1, 0.15) is 26.7 Å². The van der Waals surface area contributed by atoms with Crippen LogP contribution in [0.3, 0.4) is 0 Å². The highest BCUT2D eigenvalue weighted by atomic mass is 16.3.